The molecule has 20 heavy (non-hydrogen) atoms. The highest BCUT2D eigenvalue weighted by Crippen LogP contribution is 2.17. The van der Waals surface area contributed by atoms with E-state index in [1.807, 2.05) is 0 Å². The molecule has 2 heterocycles. The fraction of sp³-hybridized carbons (Fsp3) is 0.600. The van der Waals surface area contributed by atoms with E-state index in [0.717, 1.165) is 44.5 Å². The molecule has 0 saturated carbocycles. The largest absolute Gasteiger partial charge is 0.478 e. The molecular weight excluding hydrogens is 254 g/mol. The molecule has 2 rings (SSSR count). The second kappa shape index (κ2) is 6.70. The van der Waals surface area contributed by atoms with E-state index in [2.05, 4.69) is 29.2 Å². The molecule has 1 aliphatic rings. The van der Waals surface area contributed by atoms with E-state index in [1.165, 1.54) is 0 Å². The van der Waals surface area contributed by atoms with Crippen LogP contribution in [0.2, 0.25) is 0 Å². The summed E-state index contributed by atoms with van der Waals surface area (Å²) in [6.45, 7) is 4.20. The van der Waals surface area contributed by atoms with Gasteiger partial charge in [-0.2, -0.15) is 0 Å². The van der Waals surface area contributed by atoms with Gasteiger partial charge in [0.2, 0.25) is 0 Å². The molecule has 1 aromatic heterocycles. The molecule has 0 atom stereocenters. The van der Waals surface area contributed by atoms with Crippen molar-refractivity contribution in [1.29, 1.82) is 0 Å². The van der Waals surface area contributed by atoms with Gasteiger partial charge in [-0.25, -0.2) is 9.78 Å². The molecule has 0 bridgehead atoms. The summed E-state index contributed by atoms with van der Waals surface area (Å²) in [5.74, 6) is -0.195. The predicted molar refractivity (Wildman–Crippen MR) is 79.3 cm³/mol. The molecule has 1 aromatic rings. The van der Waals surface area contributed by atoms with Gasteiger partial charge in [0.05, 0.1) is 5.56 Å². The highest BCUT2D eigenvalue weighted by atomic mass is 16.4. The molecule has 0 radical (unpaired) electrons. The van der Waals surface area contributed by atoms with Crippen molar-refractivity contribution in [3.63, 3.8) is 0 Å². The topological polar surface area (TPSA) is 65.5 Å². The lowest BCUT2D eigenvalue weighted by Gasteiger charge is -2.29. The van der Waals surface area contributed by atoms with Gasteiger partial charge in [-0.3, -0.25) is 0 Å². The summed E-state index contributed by atoms with van der Waals surface area (Å²) in [6, 6.07) is 3.70. The Morgan fingerprint density at radius 1 is 1.45 bits per heavy atom. The second-order valence-electron chi connectivity index (χ2n) is 5.51. The van der Waals surface area contributed by atoms with Gasteiger partial charge >= 0.3 is 5.97 Å². The minimum absolute atomic E-state index is 0.318. The Bertz CT molecular complexity index is 468. The van der Waals surface area contributed by atoms with Gasteiger partial charge in [0.15, 0.2) is 0 Å². The zero-order valence-electron chi connectivity index (χ0n) is 12.2. The first-order valence-electron chi connectivity index (χ1n) is 7.28. The van der Waals surface area contributed by atoms with Crippen LogP contribution in [0.5, 0.6) is 0 Å². The smallest absolute Gasteiger partial charge is 0.335 e. The van der Waals surface area contributed by atoms with Crippen LogP contribution in [0.4, 0.5) is 5.82 Å². The van der Waals surface area contributed by atoms with Crippen molar-refractivity contribution in [1.82, 2.24) is 9.88 Å². The third kappa shape index (κ3) is 3.93. The van der Waals surface area contributed by atoms with E-state index >= 15 is 0 Å². The van der Waals surface area contributed by atoms with E-state index in [9.17, 15) is 9.90 Å². The number of hydrogen-bond acceptors (Lipinski definition) is 4. The number of carbonyl (C=O) groups is 1. The van der Waals surface area contributed by atoms with E-state index in [0.29, 0.717) is 17.4 Å². The van der Waals surface area contributed by atoms with Crippen LogP contribution < -0.4 is 5.32 Å². The molecular formula is C15H23N3O2. The summed E-state index contributed by atoms with van der Waals surface area (Å²) in [6.07, 6.45) is 3.91. The Kier molecular flexibility index (Phi) is 4.95. The molecule has 1 saturated heterocycles. The number of aryl methyl sites for hydroxylation is 1. The number of carboxylic acid groups (broad SMARTS) is 1. The Morgan fingerprint density at radius 3 is 2.75 bits per heavy atom. The number of carboxylic acids is 1. The van der Waals surface area contributed by atoms with E-state index < -0.39 is 5.97 Å². The number of rotatable bonds is 5. The monoisotopic (exact) mass is 277 g/mol. The maximum absolute atomic E-state index is 11.2. The standard InChI is InChI=1S/C15H23N3O2/c1-3-4-13-9-11(15(19)20)10-14(17-13)16-12-5-7-18(2)8-6-12/h9-10,12H,3-8H2,1-2H3,(H,16,17)(H,19,20). The average Bonchev–Trinajstić information content (AvgIpc) is 2.41. The van der Waals surface area contributed by atoms with Crippen molar-refractivity contribution in [2.45, 2.75) is 38.6 Å². The normalized spacial score (nSPS) is 17.1. The molecule has 110 valence electrons. The molecule has 0 spiro atoms. The zero-order valence-corrected chi connectivity index (χ0v) is 12.2. The summed E-state index contributed by atoms with van der Waals surface area (Å²) < 4.78 is 0. The van der Waals surface area contributed by atoms with Crippen molar-refractivity contribution < 1.29 is 9.90 Å². The molecule has 0 aliphatic carbocycles. The van der Waals surface area contributed by atoms with Gasteiger partial charge in [-0.1, -0.05) is 13.3 Å². The molecule has 0 unspecified atom stereocenters. The maximum Gasteiger partial charge on any atom is 0.335 e. The lowest BCUT2D eigenvalue weighted by Crippen LogP contribution is -2.36. The minimum atomic E-state index is -0.892. The van der Waals surface area contributed by atoms with E-state index in [1.54, 1.807) is 12.1 Å². The minimum Gasteiger partial charge on any atom is -0.478 e. The van der Waals surface area contributed by atoms with Crippen LogP contribution in [-0.4, -0.2) is 47.1 Å². The fourth-order valence-electron chi connectivity index (χ4n) is 2.53. The van der Waals surface area contributed by atoms with Gasteiger partial charge in [-0.15, -0.1) is 0 Å². The third-order valence-electron chi connectivity index (χ3n) is 3.70. The Hall–Kier alpha value is -1.62. The molecule has 5 heteroatoms. The third-order valence-corrected chi connectivity index (χ3v) is 3.70. The molecule has 2 N–H and O–H groups in total. The summed E-state index contributed by atoms with van der Waals surface area (Å²) in [5.41, 5.74) is 1.17. The first kappa shape index (κ1) is 14.8. The molecule has 0 amide bonds. The van der Waals surface area contributed by atoms with Crippen LogP contribution in [0.15, 0.2) is 12.1 Å². The number of nitrogens with zero attached hydrogens (tertiary/aromatic N) is 2. The van der Waals surface area contributed by atoms with Gasteiger partial charge in [0.1, 0.15) is 5.82 Å². The highest BCUT2D eigenvalue weighted by Gasteiger charge is 2.17. The molecule has 0 aromatic carbocycles. The van der Waals surface area contributed by atoms with Crippen LogP contribution in [0.1, 0.15) is 42.2 Å². The number of piperidine rings is 1. The van der Waals surface area contributed by atoms with Gasteiger partial charge in [0.25, 0.3) is 0 Å². The van der Waals surface area contributed by atoms with Gasteiger partial charge in [-0.05, 0) is 51.5 Å². The van der Waals surface area contributed by atoms with Crippen molar-refractivity contribution in [3.05, 3.63) is 23.4 Å². The number of nitrogens with one attached hydrogen (secondary N) is 1. The lowest BCUT2D eigenvalue weighted by atomic mass is 10.1. The van der Waals surface area contributed by atoms with Crippen LogP contribution >= 0.6 is 0 Å². The number of hydrogen-bond donors (Lipinski definition) is 2. The van der Waals surface area contributed by atoms with E-state index in [4.69, 9.17) is 0 Å². The molecule has 1 fully saturated rings. The number of likely N-dealkylation sites (tertiary alicyclic amines) is 1. The summed E-state index contributed by atoms with van der Waals surface area (Å²) in [4.78, 5) is 18.0. The van der Waals surface area contributed by atoms with Crippen molar-refractivity contribution >= 4 is 11.8 Å². The summed E-state index contributed by atoms with van der Waals surface area (Å²) in [7, 11) is 2.12. The first-order valence-corrected chi connectivity index (χ1v) is 7.28. The average molecular weight is 277 g/mol. The SMILES string of the molecule is CCCc1cc(C(=O)O)cc(NC2CCN(C)CC2)n1. The summed E-state index contributed by atoms with van der Waals surface area (Å²) in [5, 5.41) is 12.6. The van der Waals surface area contributed by atoms with Crippen LogP contribution in [0.3, 0.4) is 0 Å². The van der Waals surface area contributed by atoms with Crippen molar-refractivity contribution in [2.24, 2.45) is 0 Å². The predicted octanol–water partition coefficient (Wildman–Crippen LogP) is 2.24. The number of anilines is 1. The Balaban J connectivity index is 2.11. The zero-order chi connectivity index (χ0) is 14.5. The lowest BCUT2D eigenvalue weighted by molar-refractivity contribution is 0.0696. The fourth-order valence-corrected chi connectivity index (χ4v) is 2.53. The van der Waals surface area contributed by atoms with E-state index in [-0.39, 0.29) is 0 Å². The quantitative estimate of drug-likeness (QED) is 0.864. The highest BCUT2D eigenvalue weighted by molar-refractivity contribution is 5.88. The van der Waals surface area contributed by atoms with Crippen LogP contribution in [0, 0.1) is 0 Å². The van der Waals surface area contributed by atoms with Gasteiger partial charge < -0.3 is 15.3 Å². The maximum atomic E-state index is 11.2. The van der Waals surface area contributed by atoms with Gasteiger partial charge in [0, 0.05) is 11.7 Å². The number of aromatic nitrogens is 1. The molecule has 1 aliphatic heterocycles. The summed E-state index contributed by atoms with van der Waals surface area (Å²) >= 11 is 0. The number of pyridine rings is 1. The first-order chi connectivity index (χ1) is 9.58. The second-order valence-corrected chi connectivity index (χ2v) is 5.51. The van der Waals surface area contributed by atoms with Crippen LogP contribution in [-0.2, 0) is 6.42 Å². The Labute approximate surface area is 120 Å². The van der Waals surface area contributed by atoms with Crippen molar-refractivity contribution in [3.8, 4) is 0 Å². The van der Waals surface area contributed by atoms with Crippen LogP contribution in [0.25, 0.3) is 0 Å². The van der Waals surface area contributed by atoms with Crippen molar-refractivity contribution in [2.75, 3.05) is 25.5 Å². The Morgan fingerprint density at radius 2 is 2.15 bits per heavy atom. The number of aromatic carboxylic acids is 1. The molecule has 5 nitrogen and oxygen atoms in total.